The number of furan rings is 1. The Kier molecular flexibility index (Phi) is 4.52. The second-order valence-corrected chi connectivity index (χ2v) is 4.92. The molecule has 5 heteroatoms. The zero-order valence-corrected chi connectivity index (χ0v) is 12.4. The van der Waals surface area contributed by atoms with Crippen molar-refractivity contribution >= 4 is 11.9 Å². The molecule has 1 atom stereocenters. The first kappa shape index (κ1) is 15.0. The summed E-state index contributed by atoms with van der Waals surface area (Å²) in [6.45, 7) is 2.05. The van der Waals surface area contributed by atoms with Gasteiger partial charge in [0.25, 0.3) is 0 Å². The summed E-state index contributed by atoms with van der Waals surface area (Å²) >= 11 is 0. The van der Waals surface area contributed by atoms with Crippen molar-refractivity contribution in [2.24, 2.45) is 0 Å². The zero-order valence-electron chi connectivity index (χ0n) is 12.4. The number of benzene rings is 1. The fourth-order valence-electron chi connectivity index (χ4n) is 2.18. The number of nitrogens with zero attached hydrogens (tertiary/aromatic N) is 1. The lowest BCUT2D eigenvalue weighted by atomic mass is 10.1. The lowest BCUT2D eigenvalue weighted by molar-refractivity contribution is 0.0663. The van der Waals surface area contributed by atoms with Crippen LogP contribution in [-0.4, -0.2) is 31.3 Å². The van der Waals surface area contributed by atoms with E-state index in [0.717, 1.165) is 17.7 Å². The first-order valence-corrected chi connectivity index (χ1v) is 6.70. The number of carbonyl (C=O) groups is 1. The van der Waals surface area contributed by atoms with Gasteiger partial charge in [-0.15, -0.1) is 0 Å². The van der Waals surface area contributed by atoms with Crippen LogP contribution in [0.3, 0.4) is 0 Å². The zero-order chi connectivity index (χ0) is 15.4. The second-order valence-electron chi connectivity index (χ2n) is 4.92. The van der Waals surface area contributed by atoms with Crippen LogP contribution < -0.4 is 9.64 Å². The SMILES string of the molecule is COc1ccccc1CC(C)N(C)c1ccc(C(=O)O)o1. The molecule has 112 valence electrons. The number of likely N-dealkylation sites (N-methyl/N-ethyl adjacent to an activating group) is 1. The average Bonchev–Trinajstić information content (AvgIpc) is 2.97. The Morgan fingerprint density at radius 3 is 2.67 bits per heavy atom. The van der Waals surface area contributed by atoms with E-state index in [1.165, 1.54) is 6.07 Å². The number of rotatable bonds is 6. The van der Waals surface area contributed by atoms with Crippen LogP contribution in [0.2, 0.25) is 0 Å². The number of carboxylic acid groups (broad SMARTS) is 1. The van der Waals surface area contributed by atoms with E-state index in [-0.39, 0.29) is 11.8 Å². The van der Waals surface area contributed by atoms with E-state index in [9.17, 15) is 4.79 Å². The maximum atomic E-state index is 10.9. The molecule has 5 nitrogen and oxygen atoms in total. The van der Waals surface area contributed by atoms with Gasteiger partial charge in [0, 0.05) is 19.2 Å². The van der Waals surface area contributed by atoms with Gasteiger partial charge in [-0.25, -0.2) is 4.79 Å². The molecule has 0 aliphatic heterocycles. The highest BCUT2D eigenvalue weighted by atomic mass is 16.5. The van der Waals surface area contributed by atoms with Gasteiger partial charge in [0.1, 0.15) is 5.75 Å². The normalized spacial score (nSPS) is 12.0. The number of aromatic carboxylic acids is 1. The van der Waals surface area contributed by atoms with Crippen molar-refractivity contribution in [1.29, 1.82) is 0 Å². The van der Waals surface area contributed by atoms with Crippen molar-refractivity contribution in [2.45, 2.75) is 19.4 Å². The minimum absolute atomic E-state index is 0.0543. The molecule has 2 aromatic rings. The lowest BCUT2D eigenvalue weighted by Gasteiger charge is -2.25. The first-order chi connectivity index (χ1) is 10.0. The number of hydrogen-bond acceptors (Lipinski definition) is 4. The quantitative estimate of drug-likeness (QED) is 0.885. The molecule has 0 saturated heterocycles. The predicted octanol–water partition coefficient (Wildman–Crippen LogP) is 3.05. The Bertz CT molecular complexity index is 620. The molecule has 1 unspecified atom stereocenters. The van der Waals surface area contributed by atoms with E-state index < -0.39 is 5.97 Å². The van der Waals surface area contributed by atoms with Crippen LogP contribution in [0.15, 0.2) is 40.8 Å². The van der Waals surface area contributed by atoms with Crippen molar-refractivity contribution in [1.82, 2.24) is 0 Å². The van der Waals surface area contributed by atoms with Gasteiger partial charge >= 0.3 is 5.97 Å². The Labute approximate surface area is 123 Å². The van der Waals surface area contributed by atoms with Gasteiger partial charge in [-0.2, -0.15) is 0 Å². The number of ether oxygens (including phenoxy) is 1. The molecule has 1 aromatic heterocycles. The molecule has 1 aromatic carbocycles. The molecule has 2 rings (SSSR count). The van der Waals surface area contributed by atoms with E-state index in [1.54, 1.807) is 13.2 Å². The molecule has 0 aliphatic rings. The van der Waals surface area contributed by atoms with Gasteiger partial charge in [-0.1, -0.05) is 18.2 Å². The monoisotopic (exact) mass is 289 g/mol. The highest BCUT2D eigenvalue weighted by Crippen LogP contribution is 2.24. The number of methoxy groups -OCH3 is 1. The van der Waals surface area contributed by atoms with Crippen LogP contribution in [-0.2, 0) is 6.42 Å². The molecule has 0 spiro atoms. The van der Waals surface area contributed by atoms with Gasteiger partial charge in [0.2, 0.25) is 5.76 Å². The molecular formula is C16H19NO4. The Hall–Kier alpha value is -2.43. The van der Waals surface area contributed by atoms with Crippen molar-refractivity contribution in [3.63, 3.8) is 0 Å². The maximum Gasteiger partial charge on any atom is 0.371 e. The maximum absolute atomic E-state index is 10.9. The minimum atomic E-state index is -1.06. The van der Waals surface area contributed by atoms with Crippen LogP contribution >= 0.6 is 0 Å². The number of anilines is 1. The number of hydrogen-bond donors (Lipinski definition) is 1. The molecule has 0 bridgehead atoms. The predicted molar refractivity (Wildman–Crippen MR) is 80.2 cm³/mol. The van der Waals surface area contributed by atoms with Gasteiger partial charge in [0.05, 0.1) is 7.11 Å². The van der Waals surface area contributed by atoms with Crippen molar-refractivity contribution < 1.29 is 19.1 Å². The first-order valence-electron chi connectivity index (χ1n) is 6.70. The fourth-order valence-corrected chi connectivity index (χ4v) is 2.18. The molecule has 21 heavy (non-hydrogen) atoms. The van der Waals surface area contributed by atoms with Gasteiger partial charge < -0.3 is 19.2 Å². The molecule has 1 heterocycles. The van der Waals surface area contributed by atoms with Gasteiger partial charge in [-0.3, -0.25) is 0 Å². The van der Waals surface area contributed by atoms with E-state index in [4.69, 9.17) is 14.3 Å². The smallest absolute Gasteiger partial charge is 0.371 e. The molecule has 1 N–H and O–H groups in total. The van der Waals surface area contributed by atoms with Crippen LogP contribution in [0.25, 0.3) is 0 Å². The topological polar surface area (TPSA) is 62.9 Å². The number of carboxylic acids is 1. The fraction of sp³-hybridized carbons (Fsp3) is 0.312. The summed E-state index contributed by atoms with van der Waals surface area (Å²) < 4.78 is 10.7. The molecular weight excluding hydrogens is 270 g/mol. The third kappa shape index (κ3) is 3.37. The summed E-state index contributed by atoms with van der Waals surface area (Å²) in [5.41, 5.74) is 1.10. The van der Waals surface area contributed by atoms with Crippen molar-refractivity contribution in [3.05, 3.63) is 47.7 Å². The second kappa shape index (κ2) is 6.35. The standard InChI is InChI=1S/C16H19NO4/c1-11(10-12-6-4-5-7-13(12)20-3)17(2)15-9-8-14(21-15)16(18)19/h4-9,11H,10H2,1-3H3,(H,18,19). The van der Waals surface area contributed by atoms with Gasteiger partial charge in [0.15, 0.2) is 5.88 Å². The largest absolute Gasteiger partial charge is 0.496 e. The molecule has 0 fully saturated rings. The highest BCUT2D eigenvalue weighted by molar-refractivity contribution is 5.84. The summed E-state index contributed by atoms with van der Waals surface area (Å²) in [5, 5.41) is 8.89. The third-order valence-corrected chi connectivity index (χ3v) is 3.52. The molecule has 0 radical (unpaired) electrons. The van der Waals surface area contributed by atoms with Crippen molar-refractivity contribution in [3.8, 4) is 5.75 Å². The Morgan fingerprint density at radius 1 is 1.33 bits per heavy atom. The molecule has 0 aliphatic carbocycles. The molecule has 0 saturated carbocycles. The summed E-state index contributed by atoms with van der Waals surface area (Å²) in [5.74, 6) is 0.270. The highest BCUT2D eigenvalue weighted by Gasteiger charge is 2.17. The van der Waals surface area contributed by atoms with E-state index in [2.05, 4.69) is 6.92 Å². The minimum Gasteiger partial charge on any atom is -0.496 e. The van der Waals surface area contributed by atoms with Crippen molar-refractivity contribution in [2.75, 3.05) is 19.1 Å². The summed E-state index contributed by atoms with van der Waals surface area (Å²) in [7, 11) is 3.53. The van der Waals surface area contributed by atoms with Crippen LogP contribution in [0.1, 0.15) is 23.0 Å². The Morgan fingerprint density at radius 2 is 2.05 bits per heavy atom. The summed E-state index contributed by atoms with van der Waals surface area (Å²) in [6.07, 6.45) is 0.767. The Balaban J connectivity index is 2.11. The van der Waals surface area contributed by atoms with Crippen LogP contribution in [0.5, 0.6) is 5.75 Å². The lowest BCUT2D eigenvalue weighted by Crippen LogP contribution is -2.30. The summed E-state index contributed by atoms with van der Waals surface area (Å²) in [6, 6.07) is 11.1. The van der Waals surface area contributed by atoms with Gasteiger partial charge in [-0.05, 0) is 31.0 Å². The van der Waals surface area contributed by atoms with E-state index in [0.29, 0.717) is 5.88 Å². The van der Waals surface area contributed by atoms with E-state index >= 15 is 0 Å². The average molecular weight is 289 g/mol. The van der Waals surface area contributed by atoms with Crippen LogP contribution in [0.4, 0.5) is 5.88 Å². The molecule has 0 amide bonds. The van der Waals surface area contributed by atoms with E-state index in [1.807, 2.05) is 36.2 Å². The third-order valence-electron chi connectivity index (χ3n) is 3.52. The summed E-state index contributed by atoms with van der Waals surface area (Å²) in [4.78, 5) is 12.8. The number of para-hydroxylation sites is 1. The van der Waals surface area contributed by atoms with Crippen LogP contribution in [0, 0.1) is 0 Å².